The summed E-state index contributed by atoms with van der Waals surface area (Å²) in [5, 5.41) is 2.40. The van der Waals surface area contributed by atoms with Crippen molar-refractivity contribution in [3.8, 4) is 17.1 Å². The number of rotatable bonds is 7. The molecule has 0 aliphatic carbocycles. The fourth-order valence-electron chi connectivity index (χ4n) is 10.3. The lowest BCUT2D eigenvalue weighted by Crippen LogP contribution is -2.38. The van der Waals surface area contributed by atoms with E-state index in [0.29, 0.717) is 5.90 Å². The molecule has 320 valence electrons. The second-order valence-electron chi connectivity index (χ2n) is 19.7. The van der Waals surface area contributed by atoms with Gasteiger partial charge in [-0.2, -0.15) is 0 Å². The highest BCUT2D eigenvalue weighted by atomic mass is 16.5. The van der Waals surface area contributed by atoms with Crippen LogP contribution in [0.4, 0.5) is 17.1 Å². The van der Waals surface area contributed by atoms with Gasteiger partial charge >= 0.3 is 0 Å². The van der Waals surface area contributed by atoms with Crippen LogP contribution >= 0.6 is 0 Å². The Morgan fingerprint density at radius 1 is 0.569 bits per heavy atom. The summed E-state index contributed by atoms with van der Waals surface area (Å²) < 4.78 is 9.42. The van der Waals surface area contributed by atoms with Crippen LogP contribution in [0.15, 0.2) is 187 Å². The Hall–Kier alpha value is -7.31. The lowest BCUT2D eigenvalue weighted by atomic mass is 9.73. The molecule has 0 bridgehead atoms. The molecule has 65 heavy (non-hydrogen) atoms. The quantitative estimate of drug-likeness (QED) is 0.160. The molecule has 0 spiro atoms. The average Bonchev–Trinajstić information content (AvgIpc) is 3.82. The minimum Gasteiger partial charge on any atom is -0.469 e. The van der Waals surface area contributed by atoms with Crippen LogP contribution < -0.4 is 4.90 Å². The van der Waals surface area contributed by atoms with E-state index in [-0.39, 0.29) is 22.8 Å². The first-order valence-corrected chi connectivity index (χ1v) is 22.7. The molecule has 6 aromatic carbocycles. The van der Waals surface area contributed by atoms with E-state index in [1.165, 1.54) is 38.6 Å². The second-order valence-corrected chi connectivity index (χ2v) is 19.7. The Morgan fingerprint density at radius 2 is 1.25 bits per heavy atom. The van der Waals surface area contributed by atoms with Gasteiger partial charge in [0.25, 0.3) is 0 Å². The smallest absolute Gasteiger partial charge is 0.217 e. The largest absolute Gasteiger partial charge is 0.469 e. The molecule has 2 aliphatic heterocycles. The van der Waals surface area contributed by atoms with Gasteiger partial charge in [0.05, 0.1) is 28.1 Å². The molecule has 0 amide bonds. The molecule has 0 fully saturated rings. The normalized spacial score (nSPS) is 16.3. The maximum absolute atomic E-state index is 7.07. The van der Waals surface area contributed by atoms with Crippen LogP contribution in [0.1, 0.15) is 87.8 Å². The lowest BCUT2D eigenvalue weighted by molar-refractivity contribution is 0.0916. The molecule has 1 atom stereocenters. The number of anilines is 3. The SMILES string of the molecule is CC(C)(C)c1ccnc(-n2c3ccccc3c3cc4c(cc32)N(c2cc(C3=N[C@H](C(c5ccccc5)c5ccccc5)C(C)(C)O3)cc(-c3ccccn3)c2)c2ccccc2C4(C)C)c1. The Labute approximate surface area is 381 Å². The van der Waals surface area contributed by atoms with Crippen molar-refractivity contribution in [2.45, 2.75) is 76.9 Å². The van der Waals surface area contributed by atoms with Gasteiger partial charge in [0.1, 0.15) is 17.5 Å². The van der Waals surface area contributed by atoms with Gasteiger partial charge in [0.2, 0.25) is 5.90 Å². The molecule has 0 saturated heterocycles. The fraction of sp³-hybridized carbons (Fsp3) is 0.203. The first-order valence-electron chi connectivity index (χ1n) is 22.7. The zero-order valence-corrected chi connectivity index (χ0v) is 38.1. The number of fused-ring (bicyclic) bond motifs is 5. The standard InChI is InChI=1S/C59H53N5O/c1-57(2,3)42-29-31-61-53(35-42)64-49-27-16-14-24-44(49)45-36-47-52(37-51(45)64)63(50-28-17-15-25-46(50)58(47,4)5)43-33-40(48-26-18-19-30-60-48)32-41(34-43)56-62-55(59(6,7)65-56)54(38-20-10-8-11-21-38)39-22-12-9-13-23-39/h8-37,54-55H,1-7H3/t55-/m1/s1. The Morgan fingerprint density at radius 3 is 1.97 bits per heavy atom. The molecular weight excluding hydrogens is 795 g/mol. The van der Waals surface area contributed by atoms with Gasteiger partial charge in [-0.25, -0.2) is 9.98 Å². The van der Waals surface area contributed by atoms with Crippen molar-refractivity contribution in [3.63, 3.8) is 0 Å². The summed E-state index contributed by atoms with van der Waals surface area (Å²) >= 11 is 0. The summed E-state index contributed by atoms with van der Waals surface area (Å²) in [5.74, 6) is 1.52. The molecule has 0 N–H and O–H groups in total. The Kier molecular flexibility index (Phi) is 9.44. The third kappa shape index (κ3) is 6.82. The van der Waals surface area contributed by atoms with Gasteiger partial charge in [0.15, 0.2) is 0 Å². The van der Waals surface area contributed by atoms with Gasteiger partial charge < -0.3 is 9.64 Å². The van der Waals surface area contributed by atoms with Crippen molar-refractivity contribution < 1.29 is 4.74 Å². The molecule has 0 saturated carbocycles. The van der Waals surface area contributed by atoms with Crippen LogP contribution in [0.3, 0.4) is 0 Å². The Balaban J connectivity index is 1.15. The van der Waals surface area contributed by atoms with Crippen LogP contribution in [0.5, 0.6) is 0 Å². The maximum Gasteiger partial charge on any atom is 0.217 e. The monoisotopic (exact) mass is 847 g/mol. The Bertz CT molecular complexity index is 3250. The van der Waals surface area contributed by atoms with E-state index in [1.807, 2.05) is 24.5 Å². The summed E-state index contributed by atoms with van der Waals surface area (Å²) in [6, 6.07) is 60.9. The van der Waals surface area contributed by atoms with Crippen LogP contribution in [0.25, 0.3) is 38.9 Å². The maximum atomic E-state index is 7.07. The minimum atomic E-state index is -0.613. The average molecular weight is 848 g/mol. The van der Waals surface area contributed by atoms with E-state index in [2.05, 4.69) is 216 Å². The third-order valence-electron chi connectivity index (χ3n) is 13.7. The van der Waals surface area contributed by atoms with Gasteiger partial charge in [-0.15, -0.1) is 0 Å². The van der Waals surface area contributed by atoms with E-state index in [1.54, 1.807) is 0 Å². The molecule has 9 aromatic rings. The van der Waals surface area contributed by atoms with Gasteiger partial charge in [-0.05, 0) is 114 Å². The van der Waals surface area contributed by atoms with Gasteiger partial charge in [0, 0.05) is 51.3 Å². The number of hydrogen-bond donors (Lipinski definition) is 0. The lowest BCUT2D eigenvalue weighted by Gasteiger charge is -2.42. The van der Waals surface area contributed by atoms with E-state index >= 15 is 0 Å². The number of hydrogen-bond acceptors (Lipinski definition) is 5. The van der Waals surface area contributed by atoms with Crippen molar-refractivity contribution in [1.29, 1.82) is 0 Å². The summed E-state index contributed by atoms with van der Waals surface area (Å²) in [4.78, 5) is 17.9. The number of ether oxygens (including phenoxy) is 1. The molecule has 2 aliphatic rings. The highest BCUT2D eigenvalue weighted by molar-refractivity contribution is 6.11. The van der Waals surface area contributed by atoms with E-state index < -0.39 is 5.60 Å². The molecule has 5 heterocycles. The zero-order chi connectivity index (χ0) is 44.7. The molecule has 0 radical (unpaired) electrons. The van der Waals surface area contributed by atoms with Crippen LogP contribution in [-0.4, -0.2) is 32.1 Å². The number of para-hydroxylation sites is 2. The van der Waals surface area contributed by atoms with Crippen molar-refractivity contribution >= 4 is 44.8 Å². The van der Waals surface area contributed by atoms with E-state index in [0.717, 1.165) is 50.7 Å². The predicted octanol–water partition coefficient (Wildman–Crippen LogP) is 14.4. The minimum absolute atomic E-state index is 0.0147. The summed E-state index contributed by atoms with van der Waals surface area (Å²) in [7, 11) is 0. The molecule has 6 heteroatoms. The van der Waals surface area contributed by atoms with Crippen LogP contribution in [0.2, 0.25) is 0 Å². The second kappa shape index (κ2) is 15.2. The van der Waals surface area contributed by atoms with Crippen molar-refractivity contribution in [1.82, 2.24) is 14.5 Å². The highest BCUT2D eigenvalue weighted by Gasteiger charge is 2.45. The highest BCUT2D eigenvalue weighted by Crippen LogP contribution is 2.54. The van der Waals surface area contributed by atoms with Crippen LogP contribution in [0, 0.1) is 0 Å². The number of aliphatic imine (C=N–C) groups is 1. The van der Waals surface area contributed by atoms with Crippen molar-refractivity contribution in [2.75, 3.05) is 4.90 Å². The first-order chi connectivity index (χ1) is 31.4. The third-order valence-corrected chi connectivity index (χ3v) is 13.7. The van der Waals surface area contributed by atoms with E-state index in [9.17, 15) is 0 Å². The molecule has 6 nitrogen and oxygen atoms in total. The summed E-state index contributed by atoms with van der Waals surface area (Å²) in [6.45, 7) is 15.8. The fourth-order valence-corrected chi connectivity index (χ4v) is 10.3. The summed E-state index contributed by atoms with van der Waals surface area (Å²) in [6.07, 6.45) is 3.81. The number of nitrogens with zero attached hydrogens (tertiary/aromatic N) is 5. The number of aromatic nitrogens is 3. The number of benzene rings is 6. The summed E-state index contributed by atoms with van der Waals surface area (Å²) in [5.41, 5.74) is 13.4. The van der Waals surface area contributed by atoms with Crippen LogP contribution in [-0.2, 0) is 15.6 Å². The first kappa shape index (κ1) is 40.5. The topological polar surface area (TPSA) is 55.5 Å². The number of pyridine rings is 2. The van der Waals surface area contributed by atoms with Crippen molar-refractivity contribution in [3.05, 3.63) is 216 Å². The predicted molar refractivity (Wildman–Crippen MR) is 268 cm³/mol. The van der Waals surface area contributed by atoms with E-state index in [4.69, 9.17) is 19.7 Å². The molecule has 11 rings (SSSR count). The molecule has 0 unspecified atom stereocenters. The molecular formula is C59H53N5O. The van der Waals surface area contributed by atoms with Crippen molar-refractivity contribution in [2.24, 2.45) is 4.99 Å². The van der Waals surface area contributed by atoms with Gasteiger partial charge in [-0.3, -0.25) is 9.55 Å². The zero-order valence-electron chi connectivity index (χ0n) is 38.1. The molecule has 3 aromatic heterocycles. The van der Waals surface area contributed by atoms with Gasteiger partial charge in [-0.1, -0.05) is 138 Å².